The molecule has 1 aliphatic carbocycles. The summed E-state index contributed by atoms with van der Waals surface area (Å²) in [5.74, 6) is -0.0811. The van der Waals surface area contributed by atoms with Crippen LogP contribution in [0.2, 0.25) is 0 Å². The van der Waals surface area contributed by atoms with Crippen LogP contribution in [0, 0.1) is 5.92 Å². The Labute approximate surface area is 192 Å². The second kappa shape index (κ2) is 11.7. The third-order valence-corrected chi connectivity index (χ3v) is 6.88. The number of hydrogen-bond acceptors (Lipinski definition) is 6. The van der Waals surface area contributed by atoms with E-state index >= 15 is 0 Å². The van der Waals surface area contributed by atoms with Gasteiger partial charge in [-0.3, -0.25) is 9.32 Å². The first-order chi connectivity index (χ1) is 15.0. The van der Waals surface area contributed by atoms with Gasteiger partial charge < -0.3 is 14.4 Å². The smallest absolute Gasteiger partial charge is 0.379 e. The molecule has 0 spiro atoms. The predicted molar refractivity (Wildman–Crippen MR) is 127 cm³/mol. The molecule has 32 heavy (non-hydrogen) atoms. The van der Waals surface area contributed by atoms with Crippen molar-refractivity contribution < 1.29 is 28.3 Å². The van der Waals surface area contributed by atoms with Crippen LogP contribution in [0.15, 0.2) is 35.9 Å². The van der Waals surface area contributed by atoms with Crippen LogP contribution < -0.4 is 4.52 Å². The average Bonchev–Trinajstić information content (AvgIpc) is 2.67. The first kappa shape index (κ1) is 26.2. The van der Waals surface area contributed by atoms with Crippen molar-refractivity contribution in [3.05, 3.63) is 47.1 Å². The van der Waals surface area contributed by atoms with E-state index in [1.807, 2.05) is 13.0 Å². The Morgan fingerprint density at radius 2 is 2.00 bits per heavy atom. The molecule has 1 aromatic carbocycles. The maximum absolute atomic E-state index is 13.0. The van der Waals surface area contributed by atoms with Gasteiger partial charge in [0.05, 0.1) is 6.66 Å². The highest BCUT2D eigenvalue weighted by atomic mass is 31.2. The molecule has 0 aliphatic heterocycles. The summed E-state index contributed by atoms with van der Waals surface area (Å²) in [5.41, 5.74) is 3.77. The maximum atomic E-state index is 13.0. The van der Waals surface area contributed by atoms with Crippen molar-refractivity contribution in [3.63, 3.8) is 0 Å². The van der Waals surface area contributed by atoms with Crippen LogP contribution in [0.4, 0.5) is 0 Å². The number of rotatable bonds is 11. The third-order valence-electron chi connectivity index (χ3n) is 5.78. The zero-order chi connectivity index (χ0) is 23.9. The Balaban J connectivity index is 2.47. The molecule has 1 N–H and O–H groups in total. The number of aromatic hydroxyl groups is 1. The SMILES string of the molecule is C=C(C)C1CCC(C)=CC1c1c(O)cc(CCCCC)cc1OP(C)(=O)OCOC(C)=O. The van der Waals surface area contributed by atoms with Crippen LogP contribution >= 0.6 is 7.60 Å². The number of aryl methyl sites for hydroxylation is 1. The Bertz CT molecular complexity index is 904. The topological polar surface area (TPSA) is 82.1 Å². The van der Waals surface area contributed by atoms with Gasteiger partial charge in [0.15, 0.2) is 0 Å². The van der Waals surface area contributed by atoms with Gasteiger partial charge in [0.1, 0.15) is 11.5 Å². The van der Waals surface area contributed by atoms with Gasteiger partial charge in [-0.2, -0.15) is 0 Å². The van der Waals surface area contributed by atoms with E-state index in [9.17, 15) is 14.5 Å². The molecule has 3 unspecified atom stereocenters. The molecule has 0 saturated heterocycles. The van der Waals surface area contributed by atoms with Crippen LogP contribution in [-0.2, 0) is 25.0 Å². The molecule has 0 fully saturated rings. The quantitative estimate of drug-likeness (QED) is 0.126. The largest absolute Gasteiger partial charge is 0.507 e. The van der Waals surface area contributed by atoms with Crippen molar-refractivity contribution in [2.45, 2.75) is 72.1 Å². The van der Waals surface area contributed by atoms with Crippen LogP contribution in [0.5, 0.6) is 11.5 Å². The number of carbonyl (C=O) groups is 1. The van der Waals surface area contributed by atoms with Crippen molar-refractivity contribution in [2.75, 3.05) is 13.5 Å². The van der Waals surface area contributed by atoms with E-state index in [2.05, 4.69) is 26.5 Å². The molecule has 3 atom stereocenters. The summed E-state index contributed by atoms with van der Waals surface area (Å²) < 4.78 is 28.9. The standard InChI is InChI=1S/C25H37O6P/c1-7-8-9-10-20-14-23(27)25(22-13-18(4)11-12-21(22)17(2)3)24(15-20)31-32(6,28)30-16-29-19(5)26/h13-15,21-22,27H,2,7-12,16H2,1,3-6H3. The Hall–Kier alpha value is -2.04. The minimum atomic E-state index is -3.61. The minimum Gasteiger partial charge on any atom is -0.507 e. The summed E-state index contributed by atoms with van der Waals surface area (Å²) in [7, 11) is -3.61. The zero-order valence-corrected chi connectivity index (χ0v) is 20.9. The van der Waals surface area contributed by atoms with E-state index in [1.165, 1.54) is 19.2 Å². The molecular weight excluding hydrogens is 427 g/mol. The van der Waals surface area contributed by atoms with Crippen LogP contribution in [-0.4, -0.2) is 24.5 Å². The molecule has 6 nitrogen and oxygen atoms in total. The summed E-state index contributed by atoms with van der Waals surface area (Å²) in [5, 5.41) is 11.1. The molecule has 0 saturated carbocycles. The van der Waals surface area contributed by atoms with Gasteiger partial charge >= 0.3 is 13.6 Å². The molecule has 0 aromatic heterocycles. The minimum absolute atomic E-state index is 0.121. The number of phenols is 1. The van der Waals surface area contributed by atoms with Gasteiger partial charge in [-0.15, -0.1) is 0 Å². The van der Waals surface area contributed by atoms with Gasteiger partial charge in [-0.25, -0.2) is 4.57 Å². The molecule has 7 heteroatoms. The monoisotopic (exact) mass is 464 g/mol. The second-order valence-electron chi connectivity index (χ2n) is 8.76. The third kappa shape index (κ3) is 7.53. The normalized spacial score (nSPS) is 20.2. The van der Waals surface area contributed by atoms with Gasteiger partial charge in [0.2, 0.25) is 6.79 Å². The van der Waals surface area contributed by atoms with Crippen molar-refractivity contribution >= 4 is 13.6 Å². The van der Waals surface area contributed by atoms with E-state index in [1.54, 1.807) is 6.07 Å². The van der Waals surface area contributed by atoms with Gasteiger partial charge in [0.25, 0.3) is 0 Å². The number of benzene rings is 1. The number of esters is 1. The number of unbranched alkanes of at least 4 members (excludes halogenated alkanes) is 2. The molecule has 0 amide bonds. The average molecular weight is 465 g/mol. The molecule has 178 valence electrons. The van der Waals surface area contributed by atoms with E-state index in [-0.39, 0.29) is 17.6 Å². The van der Waals surface area contributed by atoms with E-state index in [0.717, 1.165) is 49.7 Å². The van der Waals surface area contributed by atoms with Crippen molar-refractivity contribution in [1.29, 1.82) is 0 Å². The molecule has 2 rings (SSSR count). The highest BCUT2D eigenvalue weighted by molar-refractivity contribution is 7.53. The summed E-state index contributed by atoms with van der Waals surface area (Å²) in [6.45, 7) is 12.5. The molecule has 0 radical (unpaired) electrons. The fourth-order valence-corrected chi connectivity index (χ4v) is 4.92. The summed E-state index contributed by atoms with van der Waals surface area (Å²) in [6.07, 6.45) is 7.97. The van der Waals surface area contributed by atoms with Crippen molar-refractivity contribution in [3.8, 4) is 11.5 Å². The van der Waals surface area contributed by atoms with Crippen molar-refractivity contribution in [2.24, 2.45) is 5.92 Å². The van der Waals surface area contributed by atoms with Gasteiger partial charge in [-0.1, -0.05) is 43.6 Å². The lowest BCUT2D eigenvalue weighted by Crippen LogP contribution is -2.18. The Morgan fingerprint density at radius 1 is 1.28 bits per heavy atom. The lowest BCUT2D eigenvalue weighted by molar-refractivity contribution is -0.147. The first-order valence-electron chi connectivity index (χ1n) is 11.3. The summed E-state index contributed by atoms with van der Waals surface area (Å²) in [6, 6.07) is 3.63. The number of allylic oxidation sites excluding steroid dienone is 3. The Kier molecular flexibility index (Phi) is 9.60. The predicted octanol–water partition coefficient (Wildman–Crippen LogP) is 6.88. The molecule has 0 heterocycles. The number of phenolic OH excluding ortho intramolecular Hbond substituents is 1. The first-order valence-corrected chi connectivity index (χ1v) is 13.3. The number of carbonyl (C=O) groups excluding carboxylic acids is 1. The maximum Gasteiger partial charge on any atom is 0.379 e. The van der Waals surface area contributed by atoms with Crippen molar-refractivity contribution in [1.82, 2.24) is 0 Å². The highest BCUT2D eigenvalue weighted by Crippen LogP contribution is 2.52. The summed E-state index contributed by atoms with van der Waals surface area (Å²) in [4.78, 5) is 11.0. The van der Waals surface area contributed by atoms with Crippen LogP contribution in [0.3, 0.4) is 0 Å². The zero-order valence-electron chi connectivity index (χ0n) is 20.0. The molecular formula is C25H37O6P. The van der Waals surface area contributed by atoms with Crippen LogP contribution in [0.25, 0.3) is 0 Å². The van der Waals surface area contributed by atoms with Gasteiger partial charge in [0, 0.05) is 18.4 Å². The molecule has 1 aliphatic rings. The molecule has 1 aromatic rings. The molecule has 0 bridgehead atoms. The van der Waals surface area contributed by atoms with Gasteiger partial charge in [-0.05, 0) is 63.1 Å². The van der Waals surface area contributed by atoms with E-state index < -0.39 is 20.4 Å². The van der Waals surface area contributed by atoms with E-state index in [4.69, 9.17) is 13.8 Å². The van der Waals surface area contributed by atoms with E-state index in [0.29, 0.717) is 11.3 Å². The Morgan fingerprint density at radius 3 is 2.62 bits per heavy atom. The lowest BCUT2D eigenvalue weighted by Gasteiger charge is -2.32. The fraction of sp³-hybridized carbons (Fsp3) is 0.560. The lowest BCUT2D eigenvalue weighted by atomic mass is 9.73. The second-order valence-corrected chi connectivity index (χ2v) is 10.7. The number of ether oxygens (including phenoxy) is 1. The highest BCUT2D eigenvalue weighted by Gasteiger charge is 2.32. The summed E-state index contributed by atoms with van der Waals surface area (Å²) >= 11 is 0. The number of hydrogen-bond donors (Lipinski definition) is 1. The van der Waals surface area contributed by atoms with Crippen LogP contribution in [0.1, 0.15) is 76.8 Å². The fourth-order valence-electron chi connectivity index (χ4n) is 4.12.